The number of rotatable bonds is 6. The quantitative estimate of drug-likeness (QED) is 0.873. The molecule has 0 aliphatic carbocycles. The van der Waals surface area contributed by atoms with E-state index in [1.807, 2.05) is 6.07 Å². The normalized spacial score (nSPS) is 10.4. The van der Waals surface area contributed by atoms with Gasteiger partial charge in [0.15, 0.2) is 0 Å². The van der Waals surface area contributed by atoms with Gasteiger partial charge >= 0.3 is 0 Å². The van der Waals surface area contributed by atoms with Gasteiger partial charge in [-0.05, 0) is 42.3 Å². The summed E-state index contributed by atoms with van der Waals surface area (Å²) in [6, 6.07) is 14.0. The van der Waals surface area contributed by atoms with E-state index in [1.54, 1.807) is 56.6 Å². The fourth-order valence-electron chi connectivity index (χ4n) is 2.19. The van der Waals surface area contributed by atoms with Gasteiger partial charge in [-0.3, -0.25) is 9.59 Å². The Morgan fingerprint density at radius 1 is 1.04 bits per heavy atom. The van der Waals surface area contributed by atoms with Crippen molar-refractivity contribution in [3.05, 3.63) is 59.7 Å². The number of benzene rings is 2. The predicted octanol–water partition coefficient (Wildman–Crippen LogP) is 3.68. The highest BCUT2D eigenvalue weighted by molar-refractivity contribution is 6.06. The van der Waals surface area contributed by atoms with Gasteiger partial charge in [0.2, 0.25) is 0 Å². The smallest absolute Gasteiger partial charge is 0.259 e. The van der Waals surface area contributed by atoms with E-state index in [0.29, 0.717) is 35.1 Å². The van der Waals surface area contributed by atoms with Gasteiger partial charge in [0.1, 0.15) is 5.75 Å². The average Bonchev–Trinajstić information content (AvgIpc) is 2.60. The summed E-state index contributed by atoms with van der Waals surface area (Å²) in [5, 5.41) is 2.84. The van der Waals surface area contributed by atoms with Crippen molar-refractivity contribution < 1.29 is 14.3 Å². The molecule has 0 fully saturated rings. The number of nitrogens with one attached hydrogen (secondary N) is 1. The van der Waals surface area contributed by atoms with Crippen LogP contribution in [-0.4, -0.2) is 37.4 Å². The van der Waals surface area contributed by atoms with Gasteiger partial charge in [-0.25, -0.2) is 0 Å². The average molecular weight is 340 g/mol. The number of amides is 2. The fraction of sp³-hybridized carbons (Fsp3) is 0.300. The Labute approximate surface area is 148 Å². The van der Waals surface area contributed by atoms with E-state index in [0.717, 1.165) is 0 Å². The van der Waals surface area contributed by atoms with Gasteiger partial charge in [0.25, 0.3) is 11.8 Å². The lowest BCUT2D eigenvalue weighted by Gasteiger charge is -2.13. The lowest BCUT2D eigenvalue weighted by atomic mass is 10.1. The van der Waals surface area contributed by atoms with E-state index in [2.05, 4.69) is 19.2 Å². The summed E-state index contributed by atoms with van der Waals surface area (Å²) in [5.74, 6) is 0.613. The molecule has 0 heterocycles. The fourth-order valence-corrected chi connectivity index (χ4v) is 2.19. The van der Waals surface area contributed by atoms with Gasteiger partial charge in [-0.2, -0.15) is 0 Å². The molecule has 0 aromatic heterocycles. The van der Waals surface area contributed by atoms with Crippen LogP contribution < -0.4 is 10.1 Å². The number of ether oxygens (including phenoxy) is 1. The summed E-state index contributed by atoms with van der Waals surface area (Å²) in [4.78, 5) is 25.9. The van der Waals surface area contributed by atoms with Gasteiger partial charge in [0, 0.05) is 25.3 Å². The summed E-state index contributed by atoms with van der Waals surface area (Å²) in [6.07, 6.45) is 0. The third-order valence-corrected chi connectivity index (χ3v) is 3.50. The van der Waals surface area contributed by atoms with Crippen LogP contribution >= 0.6 is 0 Å². The first kappa shape index (κ1) is 18.5. The summed E-state index contributed by atoms with van der Waals surface area (Å²) >= 11 is 0. The molecule has 0 radical (unpaired) electrons. The number of hydrogen-bond donors (Lipinski definition) is 1. The van der Waals surface area contributed by atoms with E-state index >= 15 is 0 Å². The number of hydrogen-bond acceptors (Lipinski definition) is 3. The van der Waals surface area contributed by atoms with Crippen LogP contribution in [0.3, 0.4) is 0 Å². The Morgan fingerprint density at radius 2 is 1.68 bits per heavy atom. The highest BCUT2D eigenvalue weighted by atomic mass is 16.5. The number of nitrogens with zero attached hydrogens (tertiary/aromatic N) is 1. The molecule has 0 atom stereocenters. The molecule has 132 valence electrons. The zero-order chi connectivity index (χ0) is 18.4. The predicted molar refractivity (Wildman–Crippen MR) is 99.2 cm³/mol. The van der Waals surface area contributed by atoms with Crippen molar-refractivity contribution in [2.24, 2.45) is 5.92 Å². The van der Waals surface area contributed by atoms with E-state index in [-0.39, 0.29) is 11.8 Å². The minimum Gasteiger partial charge on any atom is -0.492 e. The lowest BCUT2D eigenvalue weighted by Crippen LogP contribution is -2.21. The van der Waals surface area contributed by atoms with Gasteiger partial charge < -0.3 is 15.0 Å². The first-order valence-corrected chi connectivity index (χ1v) is 8.23. The molecule has 0 saturated carbocycles. The molecule has 0 bridgehead atoms. The number of carbonyl (C=O) groups excluding carboxylic acids is 2. The van der Waals surface area contributed by atoms with Crippen molar-refractivity contribution >= 4 is 17.5 Å². The Bertz CT molecular complexity index is 737. The second kappa shape index (κ2) is 8.33. The molecular weight excluding hydrogens is 316 g/mol. The molecule has 2 aromatic rings. The second-order valence-corrected chi connectivity index (χ2v) is 6.43. The Kier molecular flexibility index (Phi) is 6.17. The van der Waals surface area contributed by atoms with E-state index in [1.165, 1.54) is 4.90 Å². The standard InChI is InChI=1S/C20H24N2O3/c1-14(2)13-25-18-8-6-5-7-17(18)19(23)21-16-11-9-15(10-12-16)20(24)22(3)4/h5-12,14H,13H2,1-4H3,(H,21,23). The third kappa shape index (κ3) is 5.08. The van der Waals surface area contributed by atoms with E-state index in [4.69, 9.17) is 4.74 Å². The van der Waals surface area contributed by atoms with Crippen LogP contribution in [0.15, 0.2) is 48.5 Å². The minimum absolute atomic E-state index is 0.0784. The monoisotopic (exact) mass is 340 g/mol. The van der Waals surface area contributed by atoms with Crippen molar-refractivity contribution in [2.45, 2.75) is 13.8 Å². The lowest BCUT2D eigenvalue weighted by molar-refractivity contribution is 0.0827. The SMILES string of the molecule is CC(C)COc1ccccc1C(=O)Nc1ccc(C(=O)N(C)C)cc1. The Morgan fingerprint density at radius 3 is 2.28 bits per heavy atom. The van der Waals surface area contributed by atoms with Crippen molar-refractivity contribution in [1.29, 1.82) is 0 Å². The van der Waals surface area contributed by atoms with Gasteiger partial charge in [-0.1, -0.05) is 26.0 Å². The topological polar surface area (TPSA) is 58.6 Å². The van der Waals surface area contributed by atoms with Crippen LogP contribution in [0.4, 0.5) is 5.69 Å². The summed E-state index contributed by atoms with van der Waals surface area (Å²) in [5.41, 5.74) is 1.68. The zero-order valence-corrected chi connectivity index (χ0v) is 15.1. The molecule has 0 unspecified atom stereocenters. The molecule has 0 spiro atoms. The molecule has 1 N–H and O–H groups in total. The maximum atomic E-state index is 12.5. The first-order chi connectivity index (χ1) is 11.9. The van der Waals surface area contributed by atoms with Crippen molar-refractivity contribution in [2.75, 3.05) is 26.0 Å². The number of anilines is 1. The van der Waals surface area contributed by atoms with Crippen LogP contribution in [0.5, 0.6) is 5.75 Å². The van der Waals surface area contributed by atoms with Gasteiger partial charge in [-0.15, -0.1) is 0 Å². The number of para-hydroxylation sites is 1. The molecule has 0 aliphatic heterocycles. The molecule has 5 heteroatoms. The summed E-state index contributed by atoms with van der Waals surface area (Å²) < 4.78 is 5.72. The summed E-state index contributed by atoms with van der Waals surface area (Å²) in [7, 11) is 3.40. The van der Waals surface area contributed by atoms with E-state index < -0.39 is 0 Å². The maximum absolute atomic E-state index is 12.5. The molecule has 2 amide bonds. The molecule has 2 aromatic carbocycles. The van der Waals surface area contributed by atoms with Crippen LogP contribution in [0.1, 0.15) is 34.6 Å². The van der Waals surface area contributed by atoms with Crippen LogP contribution in [-0.2, 0) is 0 Å². The maximum Gasteiger partial charge on any atom is 0.259 e. The molecule has 0 aliphatic rings. The molecule has 25 heavy (non-hydrogen) atoms. The highest BCUT2D eigenvalue weighted by Crippen LogP contribution is 2.21. The Balaban J connectivity index is 2.11. The van der Waals surface area contributed by atoms with Crippen molar-refractivity contribution in [3.8, 4) is 5.75 Å². The van der Waals surface area contributed by atoms with Crippen molar-refractivity contribution in [1.82, 2.24) is 4.90 Å². The van der Waals surface area contributed by atoms with Gasteiger partial charge in [0.05, 0.1) is 12.2 Å². The van der Waals surface area contributed by atoms with Crippen LogP contribution in [0.25, 0.3) is 0 Å². The zero-order valence-electron chi connectivity index (χ0n) is 15.1. The van der Waals surface area contributed by atoms with Crippen LogP contribution in [0, 0.1) is 5.92 Å². The first-order valence-electron chi connectivity index (χ1n) is 8.23. The van der Waals surface area contributed by atoms with E-state index in [9.17, 15) is 9.59 Å². The second-order valence-electron chi connectivity index (χ2n) is 6.43. The van der Waals surface area contributed by atoms with Crippen molar-refractivity contribution in [3.63, 3.8) is 0 Å². The number of carbonyl (C=O) groups is 2. The minimum atomic E-state index is -0.244. The molecular formula is C20H24N2O3. The molecule has 2 rings (SSSR count). The highest BCUT2D eigenvalue weighted by Gasteiger charge is 2.13. The summed E-state index contributed by atoms with van der Waals surface area (Å²) in [6.45, 7) is 4.66. The Hall–Kier alpha value is -2.82. The molecule has 5 nitrogen and oxygen atoms in total. The largest absolute Gasteiger partial charge is 0.492 e. The van der Waals surface area contributed by atoms with Crippen LogP contribution in [0.2, 0.25) is 0 Å². The third-order valence-electron chi connectivity index (χ3n) is 3.50. The molecule has 0 saturated heterocycles.